The van der Waals surface area contributed by atoms with Gasteiger partial charge in [-0.05, 0) is 12.8 Å². The zero-order chi connectivity index (χ0) is 11.4. The van der Waals surface area contributed by atoms with Gasteiger partial charge >= 0.3 is 0 Å². The van der Waals surface area contributed by atoms with Gasteiger partial charge in [0.05, 0.1) is 13.2 Å². The second-order valence-corrected chi connectivity index (χ2v) is 3.90. The van der Waals surface area contributed by atoms with Gasteiger partial charge in [-0.25, -0.2) is 0 Å². The molecule has 1 saturated heterocycles. The number of amides is 2. The van der Waals surface area contributed by atoms with Crippen molar-refractivity contribution in [2.45, 2.75) is 18.9 Å². The van der Waals surface area contributed by atoms with Crippen LogP contribution in [0.5, 0.6) is 0 Å². The number of carbonyl (C=O) groups excluding carboxylic acids is 2. The molecule has 0 aromatic rings. The van der Waals surface area contributed by atoms with E-state index in [2.05, 4.69) is 0 Å². The normalized spacial score (nSPS) is 23.2. The zero-order valence-corrected chi connectivity index (χ0v) is 9.05. The topological polar surface area (TPSA) is 59.1 Å². The molecule has 0 N–H and O–H groups in total. The van der Waals surface area contributed by atoms with Gasteiger partial charge < -0.3 is 9.47 Å². The van der Waals surface area contributed by atoms with Gasteiger partial charge in [0, 0.05) is 25.3 Å². The molecule has 1 atom stereocenters. The highest BCUT2D eigenvalue weighted by Gasteiger charge is 2.23. The molecule has 0 saturated carbocycles. The molecule has 2 heterocycles. The van der Waals surface area contributed by atoms with Gasteiger partial charge in [-0.15, -0.1) is 0 Å². The first-order chi connectivity index (χ1) is 7.77. The van der Waals surface area contributed by atoms with E-state index in [0.29, 0.717) is 25.9 Å². The van der Waals surface area contributed by atoms with E-state index < -0.39 is 0 Å². The minimum atomic E-state index is -0.211. The quantitative estimate of drug-likeness (QED) is 0.350. The Kier molecular flexibility index (Phi) is 3.69. The number of carbonyl (C=O) groups is 2. The smallest absolute Gasteiger partial charge is 0.253 e. The van der Waals surface area contributed by atoms with Gasteiger partial charge in [0.1, 0.15) is 6.10 Å². The number of imide groups is 1. The van der Waals surface area contributed by atoms with Crippen molar-refractivity contribution < 1.29 is 19.1 Å². The Hall–Kier alpha value is -1.20. The minimum absolute atomic E-state index is 0.211. The fourth-order valence-electron chi connectivity index (χ4n) is 1.50. The van der Waals surface area contributed by atoms with E-state index in [9.17, 15) is 9.59 Å². The number of ether oxygens (including phenoxy) is 2. The lowest BCUT2D eigenvalue weighted by molar-refractivity contribution is -0.136. The SMILES string of the molecule is O=C1C=CC(=O)N1CCCCOCC1CO1. The average Bonchev–Trinajstić information content (AvgIpc) is 3.03. The van der Waals surface area contributed by atoms with Crippen molar-refractivity contribution in [2.24, 2.45) is 0 Å². The highest BCUT2D eigenvalue weighted by molar-refractivity contribution is 6.12. The average molecular weight is 225 g/mol. The van der Waals surface area contributed by atoms with Crippen LogP contribution < -0.4 is 0 Å². The van der Waals surface area contributed by atoms with Crippen molar-refractivity contribution in [2.75, 3.05) is 26.4 Å². The first-order valence-electron chi connectivity index (χ1n) is 5.50. The molecule has 0 aromatic carbocycles. The molecule has 0 radical (unpaired) electrons. The Morgan fingerprint density at radius 2 is 2.00 bits per heavy atom. The van der Waals surface area contributed by atoms with Gasteiger partial charge in [0.2, 0.25) is 0 Å². The van der Waals surface area contributed by atoms with Crippen molar-refractivity contribution in [3.63, 3.8) is 0 Å². The third kappa shape index (κ3) is 3.15. The van der Waals surface area contributed by atoms with E-state index in [1.807, 2.05) is 0 Å². The largest absolute Gasteiger partial charge is 0.379 e. The lowest BCUT2D eigenvalue weighted by Crippen LogP contribution is -2.31. The van der Waals surface area contributed by atoms with Gasteiger partial charge in [0.25, 0.3) is 11.8 Å². The molecule has 0 aromatic heterocycles. The van der Waals surface area contributed by atoms with Crippen LogP contribution in [-0.2, 0) is 19.1 Å². The third-order valence-corrected chi connectivity index (χ3v) is 2.53. The van der Waals surface area contributed by atoms with Crippen molar-refractivity contribution >= 4 is 11.8 Å². The third-order valence-electron chi connectivity index (χ3n) is 2.53. The highest BCUT2D eigenvalue weighted by Crippen LogP contribution is 2.09. The molecule has 2 amide bonds. The molecular formula is C11H15NO4. The molecule has 2 rings (SSSR count). The van der Waals surface area contributed by atoms with E-state index in [1.165, 1.54) is 17.1 Å². The van der Waals surface area contributed by atoms with Gasteiger partial charge in [-0.3, -0.25) is 14.5 Å². The van der Waals surface area contributed by atoms with Crippen molar-refractivity contribution in [3.05, 3.63) is 12.2 Å². The summed E-state index contributed by atoms with van der Waals surface area (Å²) in [6.07, 6.45) is 4.55. The summed E-state index contributed by atoms with van der Waals surface area (Å²) in [6, 6.07) is 0. The Labute approximate surface area is 94.0 Å². The maximum absolute atomic E-state index is 11.2. The van der Waals surface area contributed by atoms with Crippen LogP contribution >= 0.6 is 0 Å². The van der Waals surface area contributed by atoms with E-state index in [0.717, 1.165) is 19.4 Å². The summed E-state index contributed by atoms with van der Waals surface area (Å²) in [5.74, 6) is -0.422. The first-order valence-corrected chi connectivity index (χ1v) is 5.50. The number of rotatable bonds is 7. The molecule has 2 aliphatic heterocycles. The molecule has 5 nitrogen and oxygen atoms in total. The Morgan fingerprint density at radius 1 is 1.31 bits per heavy atom. The van der Waals surface area contributed by atoms with Crippen LogP contribution in [0.15, 0.2) is 12.2 Å². The standard InChI is InChI=1S/C11H15NO4/c13-10-3-4-11(14)12(10)5-1-2-6-15-7-9-8-16-9/h3-4,9H,1-2,5-8H2. The molecule has 1 unspecified atom stereocenters. The molecule has 5 heteroatoms. The summed E-state index contributed by atoms with van der Waals surface area (Å²) in [6.45, 7) is 2.60. The second-order valence-electron chi connectivity index (χ2n) is 3.90. The molecule has 16 heavy (non-hydrogen) atoms. The Bertz CT molecular complexity index is 291. The summed E-state index contributed by atoms with van der Waals surface area (Å²) in [5.41, 5.74) is 0. The van der Waals surface area contributed by atoms with Crippen LogP contribution in [0.4, 0.5) is 0 Å². The lowest BCUT2D eigenvalue weighted by Gasteiger charge is -2.12. The molecule has 0 bridgehead atoms. The Morgan fingerprint density at radius 3 is 2.62 bits per heavy atom. The van der Waals surface area contributed by atoms with Crippen LogP contribution in [0, 0.1) is 0 Å². The fraction of sp³-hybridized carbons (Fsp3) is 0.636. The predicted octanol–water partition coefficient (Wildman–Crippen LogP) is 0.107. The summed E-state index contributed by atoms with van der Waals surface area (Å²) in [5, 5.41) is 0. The highest BCUT2D eigenvalue weighted by atomic mass is 16.6. The number of epoxide rings is 1. The van der Waals surface area contributed by atoms with E-state index in [-0.39, 0.29) is 11.8 Å². The van der Waals surface area contributed by atoms with E-state index in [1.54, 1.807) is 0 Å². The van der Waals surface area contributed by atoms with E-state index >= 15 is 0 Å². The van der Waals surface area contributed by atoms with Crippen LogP contribution in [-0.4, -0.2) is 49.2 Å². The monoisotopic (exact) mass is 225 g/mol. The van der Waals surface area contributed by atoms with Crippen LogP contribution in [0.3, 0.4) is 0 Å². The van der Waals surface area contributed by atoms with Crippen molar-refractivity contribution in [3.8, 4) is 0 Å². The number of hydrogen-bond donors (Lipinski definition) is 0. The van der Waals surface area contributed by atoms with Crippen LogP contribution in [0.1, 0.15) is 12.8 Å². The molecule has 0 aliphatic carbocycles. The summed E-state index contributed by atoms with van der Waals surface area (Å²) < 4.78 is 10.3. The van der Waals surface area contributed by atoms with Crippen LogP contribution in [0.2, 0.25) is 0 Å². The summed E-state index contributed by atoms with van der Waals surface area (Å²) in [4.78, 5) is 23.6. The minimum Gasteiger partial charge on any atom is -0.379 e. The van der Waals surface area contributed by atoms with Gasteiger partial charge in [-0.2, -0.15) is 0 Å². The Balaban J connectivity index is 1.50. The molecule has 2 aliphatic rings. The summed E-state index contributed by atoms with van der Waals surface area (Å²) in [7, 11) is 0. The zero-order valence-electron chi connectivity index (χ0n) is 9.05. The summed E-state index contributed by atoms with van der Waals surface area (Å²) >= 11 is 0. The number of unbranched alkanes of at least 4 members (excludes halogenated alkanes) is 1. The lowest BCUT2D eigenvalue weighted by atomic mass is 10.3. The number of nitrogens with zero attached hydrogens (tertiary/aromatic N) is 1. The van der Waals surface area contributed by atoms with Gasteiger partial charge in [0.15, 0.2) is 0 Å². The molecule has 0 spiro atoms. The second kappa shape index (κ2) is 5.23. The van der Waals surface area contributed by atoms with Crippen molar-refractivity contribution in [1.82, 2.24) is 4.90 Å². The maximum Gasteiger partial charge on any atom is 0.253 e. The fourth-order valence-corrected chi connectivity index (χ4v) is 1.50. The van der Waals surface area contributed by atoms with Crippen LogP contribution in [0.25, 0.3) is 0 Å². The maximum atomic E-state index is 11.2. The molecular weight excluding hydrogens is 210 g/mol. The van der Waals surface area contributed by atoms with Gasteiger partial charge in [-0.1, -0.05) is 0 Å². The van der Waals surface area contributed by atoms with E-state index in [4.69, 9.17) is 9.47 Å². The first kappa shape index (κ1) is 11.3. The predicted molar refractivity (Wildman–Crippen MR) is 55.7 cm³/mol. The van der Waals surface area contributed by atoms with Crippen molar-refractivity contribution in [1.29, 1.82) is 0 Å². The number of hydrogen-bond acceptors (Lipinski definition) is 4. The molecule has 1 fully saturated rings. The molecule has 88 valence electrons.